The Bertz CT molecular complexity index is 1810. The van der Waals surface area contributed by atoms with E-state index in [0.717, 1.165) is 51.7 Å². The summed E-state index contributed by atoms with van der Waals surface area (Å²) >= 11 is 0. The molecular formula is C39H38N2O4. The molecule has 0 saturated heterocycles. The number of aryl methyl sites for hydroxylation is 1. The number of aliphatic carboxylic acids is 1. The van der Waals surface area contributed by atoms with E-state index in [0.29, 0.717) is 31.6 Å². The number of anilines is 1. The molecule has 228 valence electrons. The van der Waals surface area contributed by atoms with Crippen molar-refractivity contribution in [1.29, 1.82) is 0 Å². The Balaban J connectivity index is 1.17. The van der Waals surface area contributed by atoms with Crippen LogP contribution >= 0.6 is 0 Å². The zero-order chi connectivity index (χ0) is 31.2. The standard InChI is InChI=1S/C39H38N2O4/c1-39(38(43)44)34(20-11-25-45-36-21-9-16-28-15-5-6-18-31(28)36)33-26-29(22-23-35(33)41-39)30-17-7-8-19-32(30)37(42)40-24-10-14-27-12-3-2-4-13-27/h2-9,12-13,15-19,21-23,26,34,41H,10-11,14,20,24-25H2,1H3,(H,40,42)(H,43,44). The molecule has 0 radical (unpaired) electrons. The Hall–Kier alpha value is -5.10. The highest BCUT2D eigenvalue weighted by Crippen LogP contribution is 2.47. The van der Waals surface area contributed by atoms with Gasteiger partial charge in [0.05, 0.1) is 6.61 Å². The van der Waals surface area contributed by atoms with Crippen LogP contribution in [0.4, 0.5) is 5.69 Å². The SMILES string of the molecule is CC1(C(=O)O)Nc2ccc(-c3ccccc3C(=O)NCCCc3ccccc3)cc2C1CCCOc1cccc2ccccc12. The third-order valence-corrected chi connectivity index (χ3v) is 8.86. The lowest BCUT2D eigenvalue weighted by Gasteiger charge is -2.28. The first-order valence-corrected chi connectivity index (χ1v) is 15.6. The van der Waals surface area contributed by atoms with E-state index < -0.39 is 11.5 Å². The van der Waals surface area contributed by atoms with E-state index in [4.69, 9.17) is 4.74 Å². The average molecular weight is 599 g/mol. The first-order valence-electron chi connectivity index (χ1n) is 15.6. The zero-order valence-electron chi connectivity index (χ0n) is 25.5. The van der Waals surface area contributed by atoms with E-state index in [2.05, 4.69) is 34.9 Å². The van der Waals surface area contributed by atoms with Crippen molar-refractivity contribution in [2.45, 2.75) is 44.1 Å². The maximum atomic E-state index is 13.3. The van der Waals surface area contributed by atoms with Crippen molar-refractivity contribution in [2.24, 2.45) is 0 Å². The van der Waals surface area contributed by atoms with E-state index in [9.17, 15) is 14.7 Å². The highest BCUT2D eigenvalue weighted by atomic mass is 16.5. The summed E-state index contributed by atoms with van der Waals surface area (Å²) in [6.07, 6.45) is 3.06. The first-order chi connectivity index (χ1) is 21.9. The fraction of sp³-hybridized carbons (Fsp3) is 0.231. The van der Waals surface area contributed by atoms with Crippen LogP contribution in [-0.4, -0.2) is 35.7 Å². The lowest BCUT2D eigenvalue weighted by Crippen LogP contribution is -2.44. The van der Waals surface area contributed by atoms with Crippen LogP contribution in [0.3, 0.4) is 0 Å². The molecule has 0 fully saturated rings. The minimum Gasteiger partial charge on any atom is -0.493 e. The number of benzene rings is 5. The highest BCUT2D eigenvalue weighted by Gasteiger charge is 2.48. The van der Waals surface area contributed by atoms with Gasteiger partial charge in [-0.05, 0) is 84.5 Å². The Kier molecular flexibility index (Phi) is 8.83. The zero-order valence-corrected chi connectivity index (χ0v) is 25.5. The van der Waals surface area contributed by atoms with Crippen LogP contribution < -0.4 is 15.4 Å². The van der Waals surface area contributed by atoms with Crippen molar-refractivity contribution in [3.63, 3.8) is 0 Å². The van der Waals surface area contributed by atoms with Crippen LogP contribution in [0.1, 0.15) is 53.6 Å². The van der Waals surface area contributed by atoms with Crippen molar-refractivity contribution >= 4 is 28.3 Å². The third kappa shape index (κ3) is 6.41. The summed E-state index contributed by atoms with van der Waals surface area (Å²) in [7, 11) is 0. The first kappa shape index (κ1) is 29.9. The molecule has 5 aromatic carbocycles. The number of fused-ring (bicyclic) bond motifs is 2. The number of nitrogens with one attached hydrogen (secondary N) is 2. The van der Waals surface area contributed by atoms with Gasteiger partial charge in [-0.25, -0.2) is 4.79 Å². The van der Waals surface area contributed by atoms with Gasteiger partial charge in [-0.15, -0.1) is 0 Å². The molecule has 0 aromatic heterocycles. The van der Waals surface area contributed by atoms with Gasteiger partial charge in [-0.1, -0.05) is 91.0 Å². The molecule has 1 amide bonds. The van der Waals surface area contributed by atoms with Gasteiger partial charge in [0.2, 0.25) is 0 Å². The quantitative estimate of drug-likeness (QED) is 0.126. The molecule has 0 saturated carbocycles. The molecule has 3 N–H and O–H groups in total. The smallest absolute Gasteiger partial charge is 0.329 e. The molecule has 45 heavy (non-hydrogen) atoms. The molecule has 0 bridgehead atoms. The summed E-state index contributed by atoms with van der Waals surface area (Å²) in [6.45, 7) is 2.81. The van der Waals surface area contributed by atoms with Crippen molar-refractivity contribution in [1.82, 2.24) is 5.32 Å². The van der Waals surface area contributed by atoms with Gasteiger partial charge >= 0.3 is 5.97 Å². The van der Waals surface area contributed by atoms with E-state index in [1.165, 1.54) is 5.56 Å². The molecule has 5 aromatic rings. The molecule has 6 nitrogen and oxygen atoms in total. The van der Waals surface area contributed by atoms with Crippen molar-refractivity contribution in [3.8, 4) is 16.9 Å². The summed E-state index contributed by atoms with van der Waals surface area (Å²) < 4.78 is 6.18. The molecule has 1 aliphatic heterocycles. The molecule has 2 atom stereocenters. The second-order valence-electron chi connectivity index (χ2n) is 11.8. The van der Waals surface area contributed by atoms with Gasteiger partial charge < -0.3 is 20.5 Å². The number of carbonyl (C=O) groups excluding carboxylic acids is 1. The number of hydrogen-bond donors (Lipinski definition) is 3. The van der Waals surface area contributed by atoms with Gasteiger partial charge in [0.1, 0.15) is 11.3 Å². The van der Waals surface area contributed by atoms with E-state index >= 15 is 0 Å². The highest BCUT2D eigenvalue weighted by molar-refractivity contribution is 6.01. The maximum absolute atomic E-state index is 13.3. The van der Waals surface area contributed by atoms with Crippen molar-refractivity contribution in [2.75, 3.05) is 18.5 Å². The van der Waals surface area contributed by atoms with E-state index in [1.807, 2.05) is 91.0 Å². The Morgan fingerprint density at radius 2 is 1.62 bits per heavy atom. The van der Waals surface area contributed by atoms with Crippen molar-refractivity contribution in [3.05, 3.63) is 132 Å². The minimum atomic E-state index is -1.16. The molecule has 2 unspecified atom stereocenters. The summed E-state index contributed by atoms with van der Waals surface area (Å²) in [4.78, 5) is 25.9. The van der Waals surface area contributed by atoms with Crippen LogP contribution in [0.2, 0.25) is 0 Å². The maximum Gasteiger partial charge on any atom is 0.329 e. The second kappa shape index (κ2) is 13.3. The lowest BCUT2D eigenvalue weighted by molar-refractivity contribution is -0.142. The normalized spacial score (nSPS) is 17.0. The molecule has 0 aliphatic carbocycles. The Labute approximate surface area is 264 Å². The Morgan fingerprint density at radius 1 is 0.867 bits per heavy atom. The van der Waals surface area contributed by atoms with Gasteiger partial charge in [-0.2, -0.15) is 0 Å². The van der Waals surface area contributed by atoms with E-state index in [-0.39, 0.29) is 11.8 Å². The summed E-state index contributed by atoms with van der Waals surface area (Å²) in [5.41, 5.74) is 4.16. The summed E-state index contributed by atoms with van der Waals surface area (Å²) in [5.74, 6) is -0.457. The molecule has 6 heteroatoms. The van der Waals surface area contributed by atoms with Crippen LogP contribution in [0, 0.1) is 0 Å². The summed E-state index contributed by atoms with van der Waals surface area (Å²) in [6, 6.07) is 37.9. The largest absolute Gasteiger partial charge is 0.493 e. The lowest BCUT2D eigenvalue weighted by atomic mass is 9.80. The van der Waals surface area contributed by atoms with Crippen LogP contribution in [-0.2, 0) is 11.2 Å². The topological polar surface area (TPSA) is 87.7 Å². The molecule has 1 heterocycles. The molecular weight excluding hydrogens is 560 g/mol. The fourth-order valence-electron chi connectivity index (χ4n) is 6.42. The van der Waals surface area contributed by atoms with Gasteiger partial charge in [-0.3, -0.25) is 4.79 Å². The second-order valence-corrected chi connectivity index (χ2v) is 11.8. The monoisotopic (exact) mass is 598 g/mol. The number of carboxylic acid groups (broad SMARTS) is 1. The van der Waals surface area contributed by atoms with Crippen LogP contribution in [0.5, 0.6) is 5.75 Å². The van der Waals surface area contributed by atoms with Crippen molar-refractivity contribution < 1.29 is 19.4 Å². The third-order valence-electron chi connectivity index (χ3n) is 8.86. The predicted octanol–water partition coefficient (Wildman–Crippen LogP) is 8.08. The molecule has 0 spiro atoms. The predicted molar refractivity (Wildman–Crippen MR) is 180 cm³/mol. The molecule has 1 aliphatic rings. The van der Waals surface area contributed by atoms with Gasteiger partial charge in [0.15, 0.2) is 0 Å². The fourth-order valence-corrected chi connectivity index (χ4v) is 6.42. The number of ether oxygens (including phenoxy) is 1. The number of carboxylic acids is 1. The average Bonchev–Trinajstić information content (AvgIpc) is 3.37. The number of carbonyl (C=O) groups is 2. The Morgan fingerprint density at radius 3 is 2.47 bits per heavy atom. The summed E-state index contributed by atoms with van der Waals surface area (Å²) in [5, 5.41) is 18.9. The van der Waals surface area contributed by atoms with Crippen LogP contribution in [0.25, 0.3) is 21.9 Å². The number of rotatable bonds is 12. The van der Waals surface area contributed by atoms with Crippen LogP contribution in [0.15, 0.2) is 115 Å². The number of amides is 1. The van der Waals surface area contributed by atoms with E-state index in [1.54, 1.807) is 6.92 Å². The minimum absolute atomic E-state index is 0.116. The van der Waals surface area contributed by atoms with Gasteiger partial charge in [0, 0.05) is 29.1 Å². The molecule has 6 rings (SSSR count). The number of hydrogen-bond acceptors (Lipinski definition) is 4. The van der Waals surface area contributed by atoms with Gasteiger partial charge in [0.25, 0.3) is 5.91 Å².